The van der Waals surface area contributed by atoms with E-state index in [0.717, 1.165) is 6.08 Å². The summed E-state index contributed by atoms with van der Waals surface area (Å²) < 4.78 is 15.7. The number of aliphatic hydroxyl groups is 4. The van der Waals surface area contributed by atoms with Crippen LogP contribution < -0.4 is 4.74 Å². The second kappa shape index (κ2) is 10.4. The topological polar surface area (TPSA) is 166 Å². The number of ether oxygens (including phenoxy) is 3. The monoisotopic (exact) mass is 448 g/mol. The first-order valence-corrected chi connectivity index (χ1v) is 9.72. The fourth-order valence-electron chi connectivity index (χ4n) is 3.03. The molecule has 10 heteroatoms. The maximum atomic E-state index is 11.9. The number of phenols is 2. The van der Waals surface area contributed by atoms with Gasteiger partial charge in [-0.25, -0.2) is 4.79 Å². The highest BCUT2D eigenvalue weighted by molar-refractivity contribution is 5.87. The van der Waals surface area contributed by atoms with Gasteiger partial charge in [-0.05, 0) is 29.8 Å². The number of hydrogen-bond donors (Lipinski definition) is 6. The molecule has 0 saturated carbocycles. The van der Waals surface area contributed by atoms with E-state index in [1.54, 1.807) is 18.2 Å². The number of phenolic OH excluding ortho intramolecular Hbond substituents is 2. The Kier molecular flexibility index (Phi) is 7.67. The van der Waals surface area contributed by atoms with Crippen molar-refractivity contribution in [3.63, 3.8) is 0 Å². The van der Waals surface area contributed by atoms with Gasteiger partial charge in [0, 0.05) is 11.6 Å². The fraction of sp³-hybridized carbons (Fsp3) is 0.318. The molecule has 0 radical (unpaired) electrons. The minimum absolute atomic E-state index is 0.0245. The Morgan fingerprint density at radius 3 is 2.44 bits per heavy atom. The van der Waals surface area contributed by atoms with E-state index in [4.69, 9.17) is 14.2 Å². The van der Waals surface area contributed by atoms with Gasteiger partial charge in [0.05, 0.1) is 6.61 Å². The van der Waals surface area contributed by atoms with E-state index < -0.39 is 43.3 Å². The highest BCUT2D eigenvalue weighted by atomic mass is 16.7. The average Bonchev–Trinajstić information content (AvgIpc) is 2.78. The van der Waals surface area contributed by atoms with Crippen LogP contribution in [0.5, 0.6) is 17.2 Å². The van der Waals surface area contributed by atoms with Crippen molar-refractivity contribution < 1.29 is 49.6 Å². The predicted molar refractivity (Wildman–Crippen MR) is 109 cm³/mol. The maximum absolute atomic E-state index is 11.9. The molecule has 0 aromatic heterocycles. The number of aliphatic hydroxyl groups excluding tert-OH is 4. The van der Waals surface area contributed by atoms with Crippen molar-refractivity contribution in [1.29, 1.82) is 0 Å². The molecule has 1 heterocycles. The van der Waals surface area contributed by atoms with Crippen molar-refractivity contribution in [1.82, 2.24) is 0 Å². The molecule has 0 aliphatic carbocycles. The predicted octanol–water partition coefficient (Wildman–Crippen LogP) is 0.0331. The Morgan fingerprint density at radius 1 is 1.00 bits per heavy atom. The minimum atomic E-state index is -1.62. The molecule has 1 aliphatic heterocycles. The molecule has 2 aromatic carbocycles. The van der Waals surface area contributed by atoms with E-state index in [1.807, 2.05) is 0 Å². The SMILES string of the molecule is O=C(C=Cc1ccccc1O)OCc1ccc(O[C@@H]2O[C@H](CO)[C@@H](O)[C@H](O)[C@H]2O)c(O)c1. The van der Waals surface area contributed by atoms with Crippen LogP contribution in [0.4, 0.5) is 0 Å². The molecular weight excluding hydrogens is 424 g/mol. The molecule has 0 amide bonds. The van der Waals surface area contributed by atoms with E-state index >= 15 is 0 Å². The lowest BCUT2D eigenvalue weighted by molar-refractivity contribution is -0.277. The number of benzene rings is 2. The van der Waals surface area contributed by atoms with Crippen molar-refractivity contribution >= 4 is 12.0 Å². The highest BCUT2D eigenvalue weighted by Gasteiger charge is 2.44. The summed E-state index contributed by atoms with van der Waals surface area (Å²) in [4.78, 5) is 11.9. The summed E-state index contributed by atoms with van der Waals surface area (Å²) in [5.41, 5.74) is 0.893. The summed E-state index contributed by atoms with van der Waals surface area (Å²) >= 11 is 0. The molecule has 0 spiro atoms. The molecule has 6 N–H and O–H groups in total. The van der Waals surface area contributed by atoms with Crippen LogP contribution in [0.15, 0.2) is 48.5 Å². The first-order valence-electron chi connectivity index (χ1n) is 9.72. The standard InChI is InChI=1S/C22H24O10/c23-10-17-19(27)20(28)21(29)22(32-17)31-16-7-5-12(9-15(16)25)11-30-18(26)8-6-13-3-1-2-4-14(13)24/h1-9,17,19-25,27-29H,10-11H2/t17-,19-,20+,21-,22-/m1/s1. The van der Waals surface area contributed by atoms with E-state index in [0.29, 0.717) is 11.1 Å². The van der Waals surface area contributed by atoms with Crippen LogP contribution in [-0.2, 0) is 20.9 Å². The number of para-hydroxylation sites is 1. The number of rotatable bonds is 7. The Labute approximate surface area is 183 Å². The summed E-state index contributed by atoms with van der Waals surface area (Å²) in [5, 5.41) is 58.7. The van der Waals surface area contributed by atoms with E-state index in [-0.39, 0.29) is 23.9 Å². The van der Waals surface area contributed by atoms with Crippen molar-refractivity contribution in [2.75, 3.05) is 6.61 Å². The molecule has 172 valence electrons. The Bertz CT molecular complexity index is 957. The third kappa shape index (κ3) is 5.55. The van der Waals surface area contributed by atoms with E-state index in [1.165, 1.54) is 30.3 Å². The second-order valence-corrected chi connectivity index (χ2v) is 7.12. The molecule has 1 fully saturated rings. The highest BCUT2D eigenvalue weighted by Crippen LogP contribution is 2.31. The summed E-state index contributed by atoms with van der Waals surface area (Å²) in [6.07, 6.45) is -4.79. The van der Waals surface area contributed by atoms with Crippen LogP contribution in [0.25, 0.3) is 6.08 Å². The number of esters is 1. The summed E-state index contributed by atoms with van der Waals surface area (Å²) in [6.45, 7) is -0.767. The van der Waals surface area contributed by atoms with Crippen LogP contribution >= 0.6 is 0 Å². The summed E-state index contributed by atoms with van der Waals surface area (Å²) in [5.74, 6) is -1.07. The van der Waals surface area contributed by atoms with Gasteiger partial charge in [0.2, 0.25) is 6.29 Å². The molecule has 2 aromatic rings. The van der Waals surface area contributed by atoms with Crippen LogP contribution in [0.2, 0.25) is 0 Å². The largest absolute Gasteiger partial charge is 0.507 e. The lowest BCUT2D eigenvalue weighted by Crippen LogP contribution is -2.60. The van der Waals surface area contributed by atoms with Gasteiger partial charge in [-0.2, -0.15) is 0 Å². The van der Waals surface area contributed by atoms with Crippen LogP contribution in [-0.4, -0.2) is 73.9 Å². The van der Waals surface area contributed by atoms with Crippen LogP contribution in [0, 0.1) is 0 Å². The zero-order valence-corrected chi connectivity index (χ0v) is 16.8. The normalized spacial score (nSPS) is 25.6. The molecule has 10 nitrogen and oxygen atoms in total. The van der Waals surface area contributed by atoms with Crippen molar-refractivity contribution in [2.24, 2.45) is 0 Å². The van der Waals surface area contributed by atoms with Gasteiger partial charge in [0.1, 0.15) is 36.8 Å². The lowest BCUT2D eigenvalue weighted by Gasteiger charge is -2.39. The van der Waals surface area contributed by atoms with Gasteiger partial charge in [0.15, 0.2) is 11.5 Å². The quantitative estimate of drug-likeness (QED) is 0.251. The smallest absolute Gasteiger partial charge is 0.331 e. The van der Waals surface area contributed by atoms with Crippen molar-refractivity contribution in [3.05, 3.63) is 59.7 Å². The molecule has 1 aliphatic rings. The van der Waals surface area contributed by atoms with Gasteiger partial charge < -0.3 is 44.8 Å². The minimum Gasteiger partial charge on any atom is -0.507 e. The molecule has 1 saturated heterocycles. The molecular formula is C22H24O10. The fourth-order valence-corrected chi connectivity index (χ4v) is 3.03. The molecule has 0 bridgehead atoms. The van der Waals surface area contributed by atoms with Gasteiger partial charge in [-0.15, -0.1) is 0 Å². The number of hydrogen-bond acceptors (Lipinski definition) is 10. The van der Waals surface area contributed by atoms with E-state index in [9.17, 15) is 35.4 Å². The van der Waals surface area contributed by atoms with Crippen LogP contribution in [0.3, 0.4) is 0 Å². The zero-order chi connectivity index (χ0) is 23.3. The molecule has 32 heavy (non-hydrogen) atoms. The van der Waals surface area contributed by atoms with Gasteiger partial charge in [-0.3, -0.25) is 0 Å². The Balaban J connectivity index is 1.58. The number of carbonyl (C=O) groups excluding carboxylic acids is 1. The molecule has 0 unspecified atom stereocenters. The second-order valence-electron chi connectivity index (χ2n) is 7.12. The first kappa shape index (κ1) is 23.5. The van der Waals surface area contributed by atoms with Crippen molar-refractivity contribution in [2.45, 2.75) is 37.3 Å². The summed E-state index contributed by atoms with van der Waals surface area (Å²) in [6, 6.07) is 10.6. The third-order valence-electron chi connectivity index (χ3n) is 4.83. The van der Waals surface area contributed by atoms with Gasteiger partial charge in [0.25, 0.3) is 0 Å². The number of aromatic hydroxyl groups is 2. The summed E-state index contributed by atoms with van der Waals surface area (Å²) in [7, 11) is 0. The van der Waals surface area contributed by atoms with Gasteiger partial charge in [-0.1, -0.05) is 24.3 Å². The van der Waals surface area contributed by atoms with Gasteiger partial charge >= 0.3 is 5.97 Å². The Morgan fingerprint density at radius 2 is 1.75 bits per heavy atom. The van der Waals surface area contributed by atoms with Crippen molar-refractivity contribution in [3.8, 4) is 17.2 Å². The Hall–Kier alpha value is -3.15. The molecule has 5 atom stereocenters. The van der Waals surface area contributed by atoms with E-state index in [2.05, 4.69) is 0 Å². The number of carbonyl (C=O) groups is 1. The maximum Gasteiger partial charge on any atom is 0.331 e. The first-order chi connectivity index (χ1) is 15.3. The lowest BCUT2D eigenvalue weighted by atomic mass is 9.99. The average molecular weight is 448 g/mol. The zero-order valence-electron chi connectivity index (χ0n) is 16.8. The third-order valence-corrected chi connectivity index (χ3v) is 4.83. The molecule has 3 rings (SSSR count). The van der Waals surface area contributed by atoms with Crippen LogP contribution in [0.1, 0.15) is 11.1 Å².